The first-order valence-electron chi connectivity index (χ1n) is 7.29. The van der Waals surface area contributed by atoms with Gasteiger partial charge in [0.2, 0.25) is 5.89 Å². The smallest absolute Gasteiger partial charge is 0.232 e. The molecule has 0 radical (unpaired) electrons. The van der Waals surface area contributed by atoms with Gasteiger partial charge in [0.05, 0.1) is 17.8 Å². The van der Waals surface area contributed by atoms with Crippen molar-refractivity contribution in [3.05, 3.63) is 47.6 Å². The summed E-state index contributed by atoms with van der Waals surface area (Å²) < 4.78 is 5.30. The van der Waals surface area contributed by atoms with Crippen LogP contribution in [0.15, 0.2) is 34.9 Å². The third-order valence-electron chi connectivity index (χ3n) is 3.56. The predicted octanol–water partition coefficient (Wildman–Crippen LogP) is 3.94. The first kappa shape index (κ1) is 16.0. The van der Waals surface area contributed by atoms with E-state index in [2.05, 4.69) is 24.0 Å². The Balaban J connectivity index is 2.00. The number of benzene rings is 1. The summed E-state index contributed by atoms with van der Waals surface area (Å²) in [6.07, 6.45) is 0.486. The molecule has 4 nitrogen and oxygen atoms in total. The largest absolute Gasteiger partial charge is 0.388 e. The molecule has 0 aliphatic rings. The van der Waals surface area contributed by atoms with Gasteiger partial charge in [0.15, 0.2) is 5.82 Å². The molecule has 0 saturated heterocycles. The molecule has 3 unspecified atom stereocenters. The molecule has 0 fully saturated rings. The lowest BCUT2D eigenvalue weighted by Gasteiger charge is -2.15. The lowest BCUT2D eigenvalue weighted by molar-refractivity contribution is 0.135. The van der Waals surface area contributed by atoms with Crippen molar-refractivity contribution in [2.75, 3.05) is 0 Å². The Morgan fingerprint density at radius 3 is 2.62 bits per heavy atom. The van der Waals surface area contributed by atoms with Crippen LogP contribution in [0.2, 0.25) is 0 Å². The van der Waals surface area contributed by atoms with Crippen molar-refractivity contribution < 1.29 is 9.63 Å². The van der Waals surface area contributed by atoms with Crippen molar-refractivity contribution >= 4 is 11.8 Å². The Morgan fingerprint density at radius 1 is 1.24 bits per heavy atom. The molecular weight excluding hydrogens is 284 g/mol. The summed E-state index contributed by atoms with van der Waals surface area (Å²) in [5.74, 6) is 1.71. The van der Waals surface area contributed by atoms with Gasteiger partial charge in [-0.3, -0.25) is 0 Å². The van der Waals surface area contributed by atoms with Gasteiger partial charge >= 0.3 is 0 Å². The SMILES string of the molecule is CCC(C)SCc1noc(C(C)C(O)c2ccccc2)n1. The average molecular weight is 306 g/mol. The Morgan fingerprint density at radius 2 is 1.95 bits per heavy atom. The maximum Gasteiger partial charge on any atom is 0.232 e. The van der Waals surface area contributed by atoms with Crippen molar-refractivity contribution in [1.82, 2.24) is 10.1 Å². The van der Waals surface area contributed by atoms with Gasteiger partial charge in [0, 0.05) is 5.25 Å². The highest BCUT2D eigenvalue weighted by molar-refractivity contribution is 7.99. The van der Waals surface area contributed by atoms with Crippen LogP contribution in [0.25, 0.3) is 0 Å². The van der Waals surface area contributed by atoms with Crippen LogP contribution in [0.1, 0.15) is 56.5 Å². The van der Waals surface area contributed by atoms with Crippen LogP contribution >= 0.6 is 11.8 Å². The number of nitrogens with zero attached hydrogens (tertiary/aromatic N) is 2. The van der Waals surface area contributed by atoms with Crippen LogP contribution in [0.5, 0.6) is 0 Å². The number of rotatable bonds is 7. The molecule has 3 atom stereocenters. The molecule has 114 valence electrons. The molecular formula is C16H22N2O2S. The molecule has 0 bridgehead atoms. The van der Waals surface area contributed by atoms with Crippen molar-refractivity contribution in [3.8, 4) is 0 Å². The quantitative estimate of drug-likeness (QED) is 0.839. The molecule has 2 rings (SSSR count). The molecule has 1 N–H and O–H groups in total. The molecule has 0 spiro atoms. The molecule has 1 aromatic heterocycles. The fourth-order valence-corrected chi connectivity index (χ4v) is 2.71. The molecule has 1 aromatic carbocycles. The minimum absolute atomic E-state index is 0.220. The second-order valence-corrected chi connectivity index (χ2v) is 6.65. The van der Waals surface area contributed by atoms with Crippen LogP contribution in [0.3, 0.4) is 0 Å². The highest BCUT2D eigenvalue weighted by atomic mass is 32.2. The molecule has 0 amide bonds. The van der Waals surface area contributed by atoms with Gasteiger partial charge in [-0.05, 0) is 12.0 Å². The van der Waals surface area contributed by atoms with E-state index in [0.717, 1.165) is 17.7 Å². The summed E-state index contributed by atoms with van der Waals surface area (Å²) in [7, 11) is 0. The summed E-state index contributed by atoms with van der Waals surface area (Å²) in [5.41, 5.74) is 0.860. The zero-order valence-corrected chi connectivity index (χ0v) is 13.5. The Hall–Kier alpha value is -1.33. The van der Waals surface area contributed by atoms with Crippen LogP contribution in [-0.2, 0) is 5.75 Å². The maximum atomic E-state index is 10.4. The van der Waals surface area contributed by atoms with Gasteiger partial charge in [-0.15, -0.1) is 0 Å². The minimum Gasteiger partial charge on any atom is -0.388 e. The number of hydrogen-bond acceptors (Lipinski definition) is 5. The molecule has 0 aliphatic heterocycles. The summed E-state index contributed by atoms with van der Waals surface area (Å²) >= 11 is 1.81. The lowest BCUT2D eigenvalue weighted by Crippen LogP contribution is -2.08. The highest BCUT2D eigenvalue weighted by Gasteiger charge is 2.23. The van der Waals surface area contributed by atoms with E-state index in [0.29, 0.717) is 17.0 Å². The number of hydrogen-bond donors (Lipinski definition) is 1. The molecule has 2 aromatic rings. The normalized spacial score (nSPS) is 15.6. The van der Waals surface area contributed by atoms with Crippen LogP contribution < -0.4 is 0 Å². The predicted molar refractivity (Wildman–Crippen MR) is 85.2 cm³/mol. The van der Waals surface area contributed by atoms with E-state index in [1.807, 2.05) is 49.0 Å². The van der Waals surface area contributed by atoms with E-state index in [1.54, 1.807) is 0 Å². The van der Waals surface area contributed by atoms with Crippen molar-refractivity contribution in [2.45, 2.75) is 50.2 Å². The van der Waals surface area contributed by atoms with Gasteiger partial charge in [-0.1, -0.05) is 56.3 Å². The van der Waals surface area contributed by atoms with E-state index < -0.39 is 6.10 Å². The van der Waals surface area contributed by atoms with Gasteiger partial charge in [0.1, 0.15) is 0 Å². The number of aliphatic hydroxyl groups is 1. The molecule has 0 aliphatic carbocycles. The molecule has 1 heterocycles. The third-order valence-corrected chi connectivity index (χ3v) is 4.89. The van der Waals surface area contributed by atoms with Gasteiger partial charge < -0.3 is 9.63 Å². The van der Waals surface area contributed by atoms with E-state index in [9.17, 15) is 5.11 Å². The van der Waals surface area contributed by atoms with Gasteiger partial charge in [-0.25, -0.2) is 0 Å². The Kier molecular flexibility index (Phi) is 5.82. The topological polar surface area (TPSA) is 59.2 Å². The van der Waals surface area contributed by atoms with E-state index in [-0.39, 0.29) is 5.92 Å². The number of aromatic nitrogens is 2. The second kappa shape index (κ2) is 7.61. The summed E-state index contributed by atoms with van der Waals surface area (Å²) in [6.45, 7) is 6.25. The zero-order valence-electron chi connectivity index (χ0n) is 12.7. The molecule has 21 heavy (non-hydrogen) atoms. The molecule has 0 saturated carbocycles. The van der Waals surface area contributed by atoms with Gasteiger partial charge in [0.25, 0.3) is 0 Å². The van der Waals surface area contributed by atoms with Crippen LogP contribution in [-0.4, -0.2) is 20.5 Å². The van der Waals surface area contributed by atoms with Crippen molar-refractivity contribution in [1.29, 1.82) is 0 Å². The first-order valence-corrected chi connectivity index (χ1v) is 8.33. The maximum absolute atomic E-state index is 10.4. The van der Waals surface area contributed by atoms with Crippen LogP contribution in [0, 0.1) is 0 Å². The summed E-state index contributed by atoms with van der Waals surface area (Å²) in [4.78, 5) is 4.40. The van der Waals surface area contributed by atoms with Crippen LogP contribution in [0.4, 0.5) is 0 Å². The van der Waals surface area contributed by atoms with Crippen molar-refractivity contribution in [2.24, 2.45) is 0 Å². The zero-order chi connectivity index (χ0) is 15.2. The number of aliphatic hydroxyl groups excluding tert-OH is 1. The van der Waals surface area contributed by atoms with E-state index >= 15 is 0 Å². The fourth-order valence-electron chi connectivity index (χ4n) is 1.92. The Bertz CT molecular complexity index is 544. The minimum atomic E-state index is -0.637. The second-order valence-electron chi connectivity index (χ2n) is 5.22. The van der Waals surface area contributed by atoms with Gasteiger partial charge in [-0.2, -0.15) is 16.7 Å². The highest BCUT2D eigenvalue weighted by Crippen LogP contribution is 2.29. The Labute approximate surface area is 130 Å². The summed E-state index contributed by atoms with van der Waals surface area (Å²) in [5, 5.41) is 15.0. The monoisotopic (exact) mass is 306 g/mol. The number of thioether (sulfide) groups is 1. The fraction of sp³-hybridized carbons (Fsp3) is 0.500. The first-order chi connectivity index (χ1) is 10.1. The summed E-state index contributed by atoms with van der Waals surface area (Å²) in [6, 6.07) is 9.55. The average Bonchev–Trinajstić information content (AvgIpc) is 3.00. The van der Waals surface area contributed by atoms with E-state index in [1.165, 1.54) is 0 Å². The van der Waals surface area contributed by atoms with E-state index in [4.69, 9.17) is 4.52 Å². The third kappa shape index (κ3) is 4.32. The van der Waals surface area contributed by atoms with Crippen molar-refractivity contribution in [3.63, 3.8) is 0 Å². The standard InChI is InChI=1S/C16H22N2O2S/c1-4-11(2)21-10-14-17-16(20-18-14)12(3)15(19)13-8-6-5-7-9-13/h5-9,11-12,15,19H,4,10H2,1-3H3. The lowest BCUT2D eigenvalue weighted by atomic mass is 9.97. The molecule has 5 heteroatoms.